The molecule has 0 bridgehead atoms. The smallest absolute Gasteiger partial charge is 0.308 e. The molecular weight excluding hydrogens is 252 g/mol. The van der Waals surface area contributed by atoms with Crippen LogP contribution in [-0.2, 0) is 19.0 Å². The molecule has 0 radical (unpaired) electrons. The lowest BCUT2D eigenvalue weighted by Gasteiger charge is -2.46. The van der Waals surface area contributed by atoms with Crippen molar-refractivity contribution in [3.63, 3.8) is 0 Å². The first kappa shape index (κ1) is 16.4. The lowest BCUT2D eigenvalue weighted by molar-refractivity contribution is -0.324. The number of carbonyl (C=O) groups is 1. The van der Waals surface area contributed by atoms with Crippen LogP contribution in [0, 0.1) is 5.92 Å². The molecule has 6 heteroatoms. The van der Waals surface area contributed by atoms with Crippen LogP contribution >= 0.6 is 0 Å². The molecule has 1 aliphatic rings. The summed E-state index contributed by atoms with van der Waals surface area (Å²) >= 11 is 0. The second kappa shape index (κ2) is 6.17. The normalized spacial score (nSPS) is 34.3. The van der Waals surface area contributed by atoms with Crippen LogP contribution in [0.4, 0.5) is 0 Å². The Kier molecular flexibility index (Phi) is 5.32. The third-order valence-corrected chi connectivity index (χ3v) is 3.12. The zero-order valence-electron chi connectivity index (χ0n) is 12.1. The van der Waals surface area contributed by atoms with Crippen LogP contribution in [0.3, 0.4) is 0 Å². The number of hydrogen-bond donors (Lipinski definition) is 2. The Morgan fingerprint density at radius 3 is 2.42 bits per heavy atom. The van der Waals surface area contributed by atoms with E-state index in [0.29, 0.717) is 6.61 Å². The third kappa shape index (κ3) is 3.66. The summed E-state index contributed by atoms with van der Waals surface area (Å²) in [6.45, 7) is 8.79. The van der Waals surface area contributed by atoms with E-state index in [-0.39, 0.29) is 5.92 Å². The van der Waals surface area contributed by atoms with Gasteiger partial charge in [0.25, 0.3) is 0 Å². The Morgan fingerprint density at radius 1 is 1.37 bits per heavy atom. The zero-order valence-corrected chi connectivity index (χ0v) is 12.1. The third-order valence-electron chi connectivity index (χ3n) is 3.12. The van der Waals surface area contributed by atoms with Crippen molar-refractivity contribution in [2.45, 2.75) is 64.8 Å². The Balaban J connectivity index is 2.87. The number of rotatable bonds is 4. The van der Waals surface area contributed by atoms with Crippen LogP contribution < -0.4 is 0 Å². The summed E-state index contributed by atoms with van der Waals surface area (Å²) in [5.74, 6) is -0.800. The van der Waals surface area contributed by atoms with Gasteiger partial charge < -0.3 is 24.4 Å². The summed E-state index contributed by atoms with van der Waals surface area (Å²) in [5.41, 5.74) is -0.972. The molecule has 0 aromatic heterocycles. The summed E-state index contributed by atoms with van der Waals surface area (Å²) in [4.78, 5) is 11.6. The first-order valence-corrected chi connectivity index (χ1v) is 6.56. The molecule has 19 heavy (non-hydrogen) atoms. The topological polar surface area (TPSA) is 85.2 Å². The predicted molar refractivity (Wildman–Crippen MR) is 67.3 cm³/mol. The van der Waals surface area contributed by atoms with Gasteiger partial charge in [-0.2, -0.15) is 0 Å². The van der Waals surface area contributed by atoms with Gasteiger partial charge in [-0.05, 0) is 20.8 Å². The maximum Gasteiger partial charge on any atom is 0.308 e. The molecule has 1 aliphatic heterocycles. The van der Waals surface area contributed by atoms with E-state index >= 15 is 0 Å². The number of hydrogen-bond acceptors (Lipinski definition) is 6. The summed E-state index contributed by atoms with van der Waals surface area (Å²) in [5, 5.41) is 20.1. The monoisotopic (exact) mass is 276 g/mol. The van der Waals surface area contributed by atoms with Gasteiger partial charge >= 0.3 is 5.97 Å². The van der Waals surface area contributed by atoms with E-state index in [1.165, 1.54) is 0 Å². The molecule has 6 nitrogen and oxygen atoms in total. The van der Waals surface area contributed by atoms with Crippen LogP contribution in [0.25, 0.3) is 0 Å². The summed E-state index contributed by atoms with van der Waals surface area (Å²) in [7, 11) is 0. The van der Waals surface area contributed by atoms with E-state index in [9.17, 15) is 15.0 Å². The van der Waals surface area contributed by atoms with E-state index in [1.807, 2.05) is 0 Å². The van der Waals surface area contributed by atoms with Gasteiger partial charge in [0.05, 0.1) is 11.5 Å². The summed E-state index contributed by atoms with van der Waals surface area (Å²) < 4.78 is 16.1. The Labute approximate surface area is 113 Å². The number of aliphatic hydroxyl groups excluding tert-OH is 2. The quantitative estimate of drug-likeness (QED) is 0.725. The minimum atomic E-state index is -1.25. The number of aliphatic hydroxyl groups is 2. The summed E-state index contributed by atoms with van der Waals surface area (Å²) in [6.07, 6.45) is -4.32. The molecule has 0 aliphatic carbocycles. The lowest BCUT2D eigenvalue weighted by atomic mass is 9.90. The number of ether oxygens (including phenoxy) is 3. The first-order chi connectivity index (χ1) is 8.70. The molecular formula is C13H24O6. The first-order valence-electron chi connectivity index (χ1n) is 6.56. The molecule has 1 heterocycles. The van der Waals surface area contributed by atoms with Crippen LogP contribution in [0.5, 0.6) is 0 Å². The van der Waals surface area contributed by atoms with E-state index in [1.54, 1.807) is 34.6 Å². The predicted octanol–water partition coefficient (Wildman–Crippen LogP) is 0.447. The highest BCUT2D eigenvalue weighted by molar-refractivity contribution is 5.71. The highest BCUT2D eigenvalue weighted by Gasteiger charge is 2.51. The Bertz CT molecular complexity index is 314. The van der Waals surface area contributed by atoms with Crippen molar-refractivity contribution in [1.82, 2.24) is 0 Å². The van der Waals surface area contributed by atoms with Gasteiger partial charge in [0.1, 0.15) is 12.2 Å². The molecule has 0 aromatic rings. The van der Waals surface area contributed by atoms with Gasteiger partial charge in [-0.1, -0.05) is 13.8 Å². The fourth-order valence-corrected chi connectivity index (χ4v) is 1.88. The molecule has 0 spiro atoms. The minimum Gasteiger partial charge on any atom is -0.454 e. The molecule has 1 saturated heterocycles. The van der Waals surface area contributed by atoms with Crippen molar-refractivity contribution in [1.29, 1.82) is 0 Å². The van der Waals surface area contributed by atoms with Crippen molar-refractivity contribution in [2.24, 2.45) is 5.92 Å². The fraction of sp³-hybridized carbons (Fsp3) is 0.923. The van der Waals surface area contributed by atoms with E-state index < -0.39 is 36.2 Å². The van der Waals surface area contributed by atoms with Gasteiger partial charge in [0.15, 0.2) is 12.4 Å². The maximum atomic E-state index is 11.6. The fourth-order valence-electron chi connectivity index (χ4n) is 1.88. The SMILES string of the molecule is CCOC1OC(C)(C)[C@@H](O)C(O)C1OC(=O)C(C)C. The highest BCUT2D eigenvalue weighted by atomic mass is 16.7. The minimum absolute atomic E-state index is 0.332. The van der Waals surface area contributed by atoms with Crippen LogP contribution in [0.2, 0.25) is 0 Å². The van der Waals surface area contributed by atoms with Crippen molar-refractivity contribution >= 4 is 5.97 Å². The van der Waals surface area contributed by atoms with Crippen molar-refractivity contribution < 1.29 is 29.2 Å². The molecule has 4 atom stereocenters. The molecule has 0 saturated carbocycles. The second-order valence-electron chi connectivity index (χ2n) is 5.54. The van der Waals surface area contributed by atoms with Crippen molar-refractivity contribution in [3.05, 3.63) is 0 Å². The molecule has 112 valence electrons. The summed E-state index contributed by atoms with van der Waals surface area (Å²) in [6, 6.07) is 0. The molecule has 1 fully saturated rings. The largest absolute Gasteiger partial charge is 0.454 e. The lowest BCUT2D eigenvalue weighted by Crippen LogP contribution is -2.63. The van der Waals surface area contributed by atoms with Gasteiger partial charge in [0, 0.05) is 6.61 Å². The van der Waals surface area contributed by atoms with Gasteiger partial charge in [0.2, 0.25) is 0 Å². The highest BCUT2D eigenvalue weighted by Crippen LogP contribution is 2.31. The second-order valence-corrected chi connectivity index (χ2v) is 5.54. The van der Waals surface area contributed by atoms with Crippen LogP contribution in [-0.4, -0.2) is 53.0 Å². The molecule has 0 amide bonds. The van der Waals surface area contributed by atoms with E-state index in [0.717, 1.165) is 0 Å². The van der Waals surface area contributed by atoms with Crippen LogP contribution in [0.15, 0.2) is 0 Å². The Morgan fingerprint density at radius 2 is 1.95 bits per heavy atom. The van der Waals surface area contributed by atoms with Gasteiger partial charge in [-0.3, -0.25) is 4.79 Å². The van der Waals surface area contributed by atoms with E-state index in [2.05, 4.69) is 0 Å². The standard InChI is InChI=1S/C13H24O6/c1-6-17-12-9(18-11(16)7(2)3)8(14)10(15)13(4,5)19-12/h7-10,12,14-15H,6H2,1-5H3/t8?,9?,10-,12?/m0/s1. The maximum absolute atomic E-state index is 11.6. The molecule has 2 N–H and O–H groups in total. The van der Waals surface area contributed by atoms with Crippen molar-refractivity contribution in [2.75, 3.05) is 6.61 Å². The average Bonchev–Trinajstić information content (AvgIpc) is 2.31. The molecule has 3 unspecified atom stereocenters. The molecule has 0 aromatic carbocycles. The Hall–Kier alpha value is -0.690. The number of esters is 1. The van der Waals surface area contributed by atoms with Gasteiger partial charge in [-0.25, -0.2) is 0 Å². The average molecular weight is 276 g/mol. The van der Waals surface area contributed by atoms with Gasteiger partial charge in [-0.15, -0.1) is 0 Å². The van der Waals surface area contributed by atoms with Crippen LogP contribution in [0.1, 0.15) is 34.6 Å². The zero-order chi connectivity index (χ0) is 14.8. The van der Waals surface area contributed by atoms with Crippen molar-refractivity contribution in [3.8, 4) is 0 Å². The number of carbonyl (C=O) groups excluding carboxylic acids is 1. The molecule has 1 rings (SSSR count). The van der Waals surface area contributed by atoms with E-state index in [4.69, 9.17) is 14.2 Å².